The summed E-state index contributed by atoms with van der Waals surface area (Å²) in [6.45, 7) is 4.83. The number of carbonyl (C=O) groups is 1. The number of amidine groups is 1. The minimum atomic E-state index is 0.0818. The molecule has 1 saturated carbocycles. The Kier molecular flexibility index (Phi) is 4.50. The fourth-order valence-electron chi connectivity index (χ4n) is 2.98. The maximum absolute atomic E-state index is 12.3. The Morgan fingerprint density at radius 2 is 2.10 bits per heavy atom. The highest BCUT2D eigenvalue weighted by atomic mass is 16.4. The fourth-order valence-corrected chi connectivity index (χ4v) is 2.98. The second-order valence-electron chi connectivity index (χ2n) is 6.33. The van der Waals surface area contributed by atoms with E-state index in [0.29, 0.717) is 12.1 Å². The van der Waals surface area contributed by atoms with Crippen molar-refractivity contribution in [2.24, 2.45) is 22.2 Å². The summed E-state index contributed by atoms with van der Waals surface area (Å²) in [7, 11) is 0. The van der Waals surface area contributed by atoms with Crippen LogP contribution in [-0.2, 0) is 11.3 Å². The molecule has 21 heavy (non-hydrogen) atoms. The van der Waals surface area contributed by atoms with E-state index < -0.39 is 0 Å². The van der Waals surface area contributed by atoms with Crippen LogP contribution in [0.5, 0.6) is 0 Å². The fraction of sp³-hybridized carbons (Fsp3) is 0.500. The van der Waals surface area contributed by atoms with Crippen molar-refractivity contribution in [3.05, 3.63) is 35.4 Å². The second-order valence-corrected chi connectivity index (χ2v) is 6.33. The van der Waals surface area contributed by atoms with Crippen LogP contribution >= 0.6 is 0 Å². The Morgan fingerprint density at radius 3 is 2.62 bits per heavy atom. The van der Waals surface area contributed by atoms with Gasteiger partial charge < -0.3 is 16.3 Å². The summed E-state index contributed by atoms with van der Waals surface area (Å²) in [5.41, 5.74) is 7.26. The first kappa shape index (κ1) is 15.4. The normalized spacial score (nSPS) is 21.2. The lowest BCUT2D eigenvalue weighted by molar-refractivity contribution is -0.127. The Morgan fingerprint density at radius 1 is 1.43 bits per heavy atom. The summed E-state index contributed by atoms with van der Waals surface area (Å²) in [6, 6.07) is 7.28. The van der Waals surface area contributed by atoms with Crippen molar-refractivity contribution in [3.63, 3.8) is 0 Å². The van der Waals surface area contributed by atoms with Gasteiger partial charge in [0.15, 0.2) is 5.84 Å². The standard InChI is InChI=1S/C16H23N3O2/c1-16(2)9-3-4-13(16)15(20)18-10-11-5-7-12(8-6-11)14(17)19-21/h5-8,13,21H,3-4,9-10H2,1-2H3,(H2,17,19)(H,18,20). The third-order valence-corrected chi connectivity index (χ3v) is 4.40. The van der Waals surface area contributed by atoms with Crippen LogP contribution < -0.4 is 11.1 Å². The molecule has 1 atom stereocenters. The molecule has 1 aliphatic carbocycles. The molecule has 1 aromatic carbocycles. The van der Waals surface area contributed by atoms with Crippen molar-refractivity contribution in [3.8, 4) is 0 Å². The van der Waals surface area contributed by atoms with E-state index in [9.17, 15) is 4.79 Å². The molecule has 2 rings (SSSR count). The topological polar surface area (TPSA) is 87.7 Å². The van der Waals surface area contributed by atoms with Crippen LogP contribution in [0.15, 0.2) is 29.4 Å². The van der Waals surface area contributed by atoms with Crippen LogP contribution in [0.1, 0.15) is 44.2 Å². The van der Waals surface area contributed by atoms with Crippen LogP contribution in [0.25, 0.3) is 0 Å². The quantitative estimate of drug-likeness (QED) is 0.344. The Balaban J connectivity index is 1.93. The molecule has 1 aliphatic rings. The molecular weight excluding hydrogens is 266 g/mol. The second kappa shape index (κ2) is 6.16. The number of benzene rings is 1. The number of amides is 1. The van der Waals surface area contributed by atoms with Gasteiger partial charge in [0.25, 0.3) is 0 Å². The summed E-state index contributed by atoms with van der Waals surface area (Å²) in [4.78, 5) is 12.3. The average Bonchev–Trinajstić information content (AvgIpc) is 2.84. The largest absolute Gasteiger partial charge is 0.409 e. The van der Waals surface area contributed by atoms with Gasteiger partial charge in [-0.2, -0.15) is 0 Å². The summed E-state index contributed by atoms with van der Waals surface area (Å²) in [5, 5.41) is 14.6. The lowest BCUT2D eigenvalue weighted by Crippen LogP contribution is -2.35. The summed E-state index contributed by atoms with van der Waals surface area (Å²) in [6.07, 6.45) is 3.21. The average molecular weight is 289 g/mol. The van der Waals surface area contributed by atoms with E-state index in [1.165, 1.54) is 0 Å². The highest BCUT2D eigenvalue weighted by Crippen LogP contribution is 2.42. The Bertz CT molecular complexity index is 535. The van der Waals surface area contributed by atoms with Gasteiger partial charge >= 0.3 is 0 Å². The smallest absolute Gasteiger partial charge is 0.223 e. The molecule has 0 saturated heterocycles. The third kappa shape index (κ3) is 3.54. The molecule has 4 N–H and O–H groups in total. The number of oxime groups is 1. The minimum Gasteiger partial charge on any atom is -0.409 e. The van der Waals surface area contributed by atoms with E-state index in [4.69, 9.17) is 10.9 Å². The molecular formula is C16H23N3O2. The molecule has 1 fully saturated rings. The van der Waals surface area contributed by atoms with Gasteiger partial charge in [0, 0.05) is 18.0 Å². The Hall–Kier alpha value is -2.04. The monoisotopic (exact) mass is 289 g/mol. The van der Waals surface area contributed by atoms with Crippen LogP contribution in [0, 0.1) is 11.3 Å². The molecule has 0 aliphatic heterocycles. The SMILES string of the molecule is CC1(C)CCCC1C(=O)NCc1ccc(/C(N)=N/O)cc1. The van der Waals surface area contributed by atoms with E-state index in [0.717, 1.165) is 24.8 Å². The zero-order chi connectivity index (χ0) is 15.5. The lowest BCUT2D eigenvalue weighted by atomic mass is 9.81. The number of nitrogens with two attached hydrogens (primary N) is 1. The van der Waals surface area contributed by atoms with Gasteiger partial charge in [0.05, 0.1) is 0 Å². The van der Waals surface area contributed by atoms with Crippen molar-refractivity contribution in [2.75, 3.05) is 0 Å². The Labute approximate surface area is 125 Å². The number of nitrogens with zero attached hydrogens (tertiary/aromatic N) is 1. The molecule has 5 heteroatoms. The van der Waals surface area contributed by atoms with Gasteiger partial charge in [-0.3, -0.25) is 4.79 Å². The highest BCUT2D eigenvalue weighted by molar-refractivity contribution is 5.96. The first-order valence-electron chi connectivity index (χ1n) is 7.28. The number of hydrogen-bond donors (Lipinski definition) is 3. The molecule has 0 radical (unpaired) electrons. The van der Waals surface area contributed by atoms with E-state index >= 15 is 0 Å². The first-order chi connectivity index (χ1) is 9.94. The number of nitrogens with one attached hydrogen (secondary N) is 1. The number of carbonyl (C=O) groups excluding carboxylic acids is 1. The van der Waals surface area contributed by atoms with Gasteiger partial charge in [-0.05, 0) is 23.8 Å². The molecule has 0 spiro atoms. The summed E-state index contributed by atoms with van der Waals surface area (Å²) in [5.74, 6) is 0.324. The van der Waals surface area contributed by atoms with Crippen molar-refractivity contribution >= 4 is 11.7 Å². The number of rotatable bonds is 4. The van der Waals surface area contributed by atoms with E-state index in [1.807, 2.05) is 12.1 Å². The van der Waals surface area contributed by atoms with Crippen molar-refractivity contribution in [1.82, 2.24) is 5.32 Å². The molecule has 0 heterocycles. The van der Waals surface area contributed by atoms with Crippen molar-refractivity contribution in [1.29, 1.82) is 0 Å². The maximum atomic E-state index is 12.3. The van der Waals surface area contributed by atoms with Crippen molar-refractivity contribution in [2.45, 2.75) is 39.7 Å². The van der Waals surface area contributed by atoms with Crippen LogP contribution in [0.2, 0.25) is 0 Å². The molecule has 1 amide bonds. The van der Waals surface area contributed by atoms with Gasteiger partial charge in [0.1, 0.15) is 0 Å². The molecule has 5 nitrogen and oxygen atoms in total. The zero-order valence-corrected chi connectivity index (χ0v) is 12.6. The minimum absolute atomic E-state index is 0.0818. The van der Waals surface area contributed by atoms with E-state index in [2.05, 4.69) is 24.3 Å². The lowest BCUT2D eigenvalue weighted by Gasteiger charge is -2.25. The third-order valence-electron chi connectivity index (χ3n) is 4.40. The molecule has 1 unspecified atom stereocenters. The van der Waals surface area contributed by atoms with Gasteiger partial charge in [0.2, 0.25) is 5.91 Å². The van der Waals surface area contributed by atoms with Crippen LogP contribution in [0.3, 0.4) is 0 Å². The predicted octanol–water partition coefficient (Wildman–Crippen LogP) is 2.22. The maximum Gasteiger partial charge on any atom is 0.223 e. The van der Waals surface area contributed by atoms with Gasteiger partial charge in [-0.15, -0.1) is 0 Å². The molecule has 114 valence electrons. The summed E-state index contributed by atoms with van der Waals surface area (Å²) >= 11 is 0. The molecule has 0 bridgehead atoms. The van der Waals surface area contributed by atoms with Crippen molar-refractivity contribution < 1.29 is 10.0 Å². The first-order valence-corrected chi connectivity index (χ1v) is 7.28. The predicted molar refractivity (Wildman–Crippen MR) is 81.9 cm³/mol. The van der Waals surface area contributed by atoms with Crippen LogP contribution in [-0.4, -0.2) is 17.0 Å². The zero-order valence-electron chi connectivity index (χ0n) is 12.6. The van der Waals surface area contributed by atoms with Crippen LogP contribution in [0.4, 0.5) is 0 Å². The van der Waals surface area contributed by atoms with E-state index in [1.54, 1.807) is 12.1 Å². The molecule has 1 aromatic rings. The van der Waals surface area contributed by atoms with Gasteiger partial charge in [-0.1, -0.05) is 49.7 Å². The van der Waals surface area contributed by atoms with Gasteiger partial charge in [-0.25, -0.2) is 0 Å². The number of hydrogen-bond acceptors (Lipinski definition) is 3. The summed E-state index contributed by atoms with van der Waals surface area (Å²) < 4.78 is 0. The highest BCUT2D eigenvalue weighted by Gasteiger charge is 2.38. The van der Waals surface area contributed by atoms with E-state index in [-0.39, 0.29) is 23.1 Å². The molecule has 0 aromatic heterocycles.